The van der Waals surface area contributed by atoms with Crippen molar-refractivity contribution in [2.75, 3.05) is 33.8 Å². The Morgan fingerprint density at radius 2 is 1.36 bits per heavy atom. The molecule has 0 fully saturated rings. The molecule has 0 spiro atoms. The van der Waals surface area contributed by atoms with Gasteiger partial charge >= 0.3 is 11.9 Å². The van der Waals surface area contributed by atoms with E-state index in [1.165, 1.54) is 64.8 Å². The summed E-state index contributed by atoms with van der Waals surface area (Å²) in [5.74, 6) is -1.69. The van der Waals surface area contributed by atoms with Gasteiger partial charge < -0.3 is 24.3 Å². The van der Waals surface area contributed by atoms with Gasteiger partial charge in [-0.1, -0.05) is 30.3 Å². The average Bonchev–Trinajstić information content (AvgIpc) is 2.95. The summed E-state index contributed by atoms with van der Waals surface area (Å²) in [6, 6.07) is 15.4. The fourth-order valence-electron chi connectivity index (χ4n) is 3.68. The molecule has 1 unspecified atom stereocenters. The van der Waals surface area contributed by atoms with E-state index in [-0.39, 0.29) is 33.9 Å². The van der Waals surface area contributed by atoms with Crippen LogP contribution >= 0.6 is 0 Å². The molecular weight excluding hydrogens is 528 g/mol. The number of esters is 2. The van der Waals surface area contributed by atoms with Gasteiger partial charge in [0.15, 0.2) is 11.5 Å². The summed E-state index contributed by atoms with van der Waals surface area (Å²) >= 11 is 0. The first-order valence-corrected chi connectivity index (χ1v) is 13.0. The molecule has 3 rings (SSSR count). The first-order valence-electron chi connectivity index (χ1n) is 11.5. The molecule has 0 bridgehead atoms. The molecule has 2 N–H and O–H groups in total. The molecule has 1 atom stereocenters. The smallest absolute Gasteiger partial charge is 0.337 e. The van der Waals surface area contributed by atoms with Crippen LogP contribution in [0.2, 0.25) is 0 Å². The maximum Gasteiger partial charge on any atom is 0.337 e. The number of methoxy groups -OCH3 is 4. The van der Waals surface area contributed by atoms with Crippen LogP contribution in [-0.2, 0) is 30.7 Å². The first kappa shape index (κ1) is 29.1. The van der Waals surface area contributed by atoms with Crippen LogP contribution in [0.15, 0.2) is 71.6 Å². The first-order chi connectivity index (χ1) is 18.6. The lowest BCUT2D eigenvalue weighted by atomic mass is 10.1. The number of carbonyl (C=O) groups is 3. The van der Waals surface area contributed by atoms with E-state index in [2.05, 4.69) is 10.0 Å². The van der Waals surface area contributed by atoms with E-state index in [4.69, 9.17) is 18.9 Å². The molecule has 3 aromatic rings. The van der Waals surface area contributed by atoms with E-state index in [1.807, 2.05) is 0 Å². The third-order valence-electron chi connectivity index (χ3n) is 5.60. The average molecular weight is 557 g/mol. The summed E-state index contributed by atoms with van der Waals surface area (Å²) in [5, 5.41) is 2.59. The second-order valence-electron chi connectivity index (χ2n) is 8.15. The monoisotopic (exact) mass is 556 g/mol. The van der Waals surface area contributed by atoms with Crippen molar-refractivity contribution < 1.29 is 41.7 Å². The van der Waals surface area contributed by atoms with Crippen molar-refractivity contribution in [3.63, 3.8) is 0 Å². The quantitative estimate of drug-likeness (QED) is 0.340. The van der Waals surface area contributed by atoms with Crippen molar-refractivity contribution in [1.29, 1.82) is 0 Å². The molecule has 0 aromatic heterocycles. The van der Waals surface area contributed by atoms with Gasteiger partial charge in [0.2, 0.25) is 15.9 Å². The largest absolute Gasteiger partial charge is 0.493 e. The van der Waals surface area contributed by atoms with E-state index in [9.17, 15) is 22.8 Å². The molecule has 0 aliphatic rings. The Morgan fingerprint density at radius 3 is 1.90 bits per heavy atom. The van der Waals surface area contributed by atoms with Crippen molar-refractivity contribution in [3.05, 3.63) is 83.4 Å². The zero-order chi connectivity index (χ0) is 28.6. The van der Waals surface area contributed by atoms with E-state index < -0.39 is 33.9 Å². The number of carbonyl (C=O) groups excluding carboxylic acids is 3. The van der Waals surface area contributed by atoms with Crippen molar-refractivity contribution in [2.24, 2.45) is 0 Å². The Balaban J connectivity index is 1.97. The normalized spacial score (nSPS) is 11.7. The number of rotatable bonds is 11. The molecule has 0 radical (unpaired) electrons. The molecule has 11 nitrogen and oxygen atoms in total. The van der Waals surface area contributed by atoms with Crippen LogP contribution in [0, 0.1) is 0 Å². The molecular formula is C27H28N2O9S. The highest BCUT2D eigenvalue weighted by Crippen LogP contribution is 2.29. The summed E-state index contributed by atoms with van der Waals surface area (Å²) in [7, 11) is 0.917. The van der Waals surface area contributed by atoms with Crippen LogP contribution in [0.4, 0.5) is 5.69 Å². The highest BCUT2D eigenvalue weighted by Gasteiger charge is 2.28. The van der Waals surface area contributed by atoms with E-state index in [1.54, 1.807) is 30.3 Å². The van der Waals surface area contributed by atoms with E-state index in [0.717, 1.165) is 0 Å². The number of anilines is 1. The molecule has 3 aromatic carbocycles. The second-order valence-corrected chi connectivity index (χ2v) is 9.87. The number of amides is 1. The molecule has 206 valence electrons. The predicted octanol–water partition coefficient (Wildman–Crippen LogP) is 2.81. The summed E-state index contributed by atoms with van der Waals surface area (Å²) in [6.07, 6.45) is -0.000254. The number of sulfonamides is 1. The van der Waals surface area contributed by atoms with Gasteiger partial charge in [-0.15, -0.1) is 0 Å². The van der Waals surface area contributed by atoms with Gasteiger partial charge in [-0.3, -0.25) is 4.79 Å². The lowest BCUT2D eigenvalue weighted by molar-refractivity contribution is -0.117. The highest BCUT2D eigenvalue weighted by atomic mass is 32.2. The molecule has 0 aliphatic carbocycles. The maximum absolute atomic E-state index is 13.4. The molecule has 39 heavy (non-hydrogen) atoms. The molecule has 0 heterocycles. The van der Waals surface area contributed by atoms with Crippen LogP contribution < -0.4 is 19.5 Å². The van der Waals surface area contributed by atoms with Crippen molar-refractivity contribution in [2.45, 2.75) is 17.4 Å². The number of ether oxygens (including phenoxy) is 4. The second kappa shape index (κ2) is 12.9. The fraction of sp³-hybridized carbons (Fsp3) is 0.222. The Hall–Kier alpha value is -4.42. The van der Waals surface area contributed by atoms with E-state index in [0.29, 0.717) is 11.3 Å². The van der Waals surface area contributed by atoms with Crippen LogP contribution in [0.5, 0.6) is 11.5 Å². The van der Waals surface area contributed by atoms with Gasteiger partial charge in [0.05, 0.1) is 44.5 Å². The van der Waals surface area contributed by atoms with Crippen molar-refractivity contribution in [3.8, 4) is 11.5 Å². The lowest BCUT2D eigenvalue weighted by Crippen LogP contribution is -2.45. The summed E-state index contributed by atoms with van der Waals surface area (Å²) in [6.45, 7) is 0. The molecule has 12 heteroatoms. The minimum atomic E-state index is -4.22. The minimum Gasteiger partial charge on any atom is -0.493 e. The van der Waals surface area contributed by atoms with Gasteiger partial charge in [-0.05, 0) is 42.3 Å². The lowest BCUT2D eigenvalue weighted by Gasteiger charge is -2.20. The van der Waals surface area contributed by atoms with Crippen molar-refractivity contribution >= 4 is 33.6 Å². The number of nitrogens with one attached hydrogen (secondary N) is 2. The Kier molecular flexibility index (Phi) is 9.63. The van der Waals surface area contributed by atoms with Gasteiger partial charge in [0, 0.05) is 11.8 Å². The summed E-state index contributed by atoms with van der Waals surface area (Å²) in [5.41, 5.74) is 0.723. The van der Waals surface area contributed by atoms with Crippen LogP contribution in [0.25, 0.3) is 0 Å². The molecule has 0 aliphatic heterocycles. The third kappa shape index (κ3) is 7.33. The Bertz CT molecular complexity index is 1420. The zero-order valence-corrected chi connectivity index (χ0v) is 22.5. The summed E-state index contributed by atoms with van der Waals surface area (Å²) in [4.78, 5) is 37.6. The number of hydrogen-bond acceptors (Lipinski definition) is 9. The fourth-order valence-corrected chi connectivity index (χ4v) is 4.89. The van der Waals surface area contributed by atoms with Gasteiger partial charge in [-0.2, -0.15) is 4.72 Å². The standard InChI is InChI=1S/C27H28N2O9S/c1-35-23-11-10-21(16-24(23)36-2)39(33,34)29-22(12-17-8-6-5-7-9-17)25(30)28-20-14-18(26(31)37-3)13-19(15-20)27(32)38-4/h5-11,13-16,22,29H,12H2,1-4H3,(H,28,30). The molecule has 1 amide bonds. The van der Waals surface area contributed by atoms with Crippen LogP contribution in [0.3, 0.4) is 0 Å². The minimum absolute atomic E-state index is 0.000254. The van der Waals surface area contributed by atoms with Gasteiger partial charge in [0.1, 0.15) is 6.04 Å². The zero-order valence-electron chi connectivity index (χ0n) is 21.7. The van der Waals surface area contributed by atoms with E-state index >= 15 is 0 Å². The number of benzene rings is 3. The van der Waals surface area contributed by atoms with Gasteiger partial charge in [0.25, 0.3) is 0 Å². The third-order valence-corrected chi connectivity index (χ3v) is 7.07. The predicted molar refractivity (Wildman–Crippen MR) is 142 cm³/mol. The maximum atomic E-state index is 13.4. The summed E-state index contributed by atoms with van der Waals surface area (Å²) < 4.78 is 48.9. The van der Waals surface area contributed by atoms with Crippen LogP contribution in [-0.4, -0.2) is 60.7 Å². The Morgan fingerprint density at radius 1 is 0.769 bits per heavy atom. The van der Waals surface area contributed by atoms with Crippen LogP contribution in [0.1, 0.15) is 26.3 Å². The van der Waals surface area contributed by atoms with Crippen molar-refractivity contribution in [1.82, 2.24) is 4.72 Å². The Labute approximate surface area is 226 Å². The molecule has 0 saturated carbocycles. The van der Waals surface area contributed by atoms with Gasteiger partial charge in [-0.25, -0.2) is 18.0 Å². The number of hydrogen-bond donors (Lipinski definition) is 2. The topological polar surface area (TPSA) is 146 Å². The molecule has 0 saturated heterocycles. The SMILES string of the molecule is COC(=O)c1cc(NC(=O)C(Cc2ccccc2)NS(=O)(=O)c2ccc(OC)c(OC)c2)cc(C(=O)OC)c1. The highest BCUT2D eigenvalue weighted by molar-refractivity contribution is 7.89.